The van der Waals surface area contributed by atoms with E-state index in [9.17, 15) is 4.79 Å². The smallest absolute Gasteiger partial charge is 0.258 e. The van der Waals surface area contributed by atoms with Crippen LogP contribution < -0.4 is 14.8 Å². The molecule has 0 radical (unpaired) electrons. The molecule has 1 aliphatic rings. The molecule has 1 heterocycles. The summed E-state index contributed by atoms with van der Waals surface area (Å²) >= 11 is 0. The third-order valence-electron chi connectivity index (χ3n) is 4.57. The van der Waals surface area contributed by atoms with Gasteiger partial charge in [0.25, 0.3) is 5.91 Å². The standard InChI is InChI=1S/C21H26N2O4/c1-25-19-9-5-6-17(14-19)20(23-10-12-26-13-11-23)15-22-21(24)16-27-18-7-3-2-4-8-18/h2-9,14,20H,10-13,15-16H2,1H3,(H,22,24). The second-order valence-corrected chi connectivity index (χ2v) is 6.35. The number of methoxy groups -OCH3 is 1. The summed E-state index contributed by atoms with van der Waals surface area (Å²) in [5.74, 6) is 1.36. The summed E-state index contributed by atoms with van der Waals surface area (Å²) in [5.41, 5.74) is 1.11. The van der Waals surface area contributed by atoms with Gasteiger partial charge in [0.2, 0.25) is 0 Å². The van der Waals surface area contributed by atoms with Crippen LogP contribution in [0.4, 0.5) is 0 Å². The number of benzene rings is 2. The number of nitrogens with one attached hydrogen (secondary N) is 1. The molecule has 1 fully saturated rings. The Kier molecular flexibility index (Phi) is 7.07. The van der Waals surface area contributed by atoms with Gasteiger partial charge in [0, 0.05) is 19.6 Å². The highest BCUT2D eigenvalue weighted by molar-refractivity contribution is 5.77. The van der Waals surface area contributed by atoms with E-state index in [-0.39, 0.29) is 18.6 Å². The molecular weight excluding hydrogens is 344 g/mol. The second kappa shape index (κ2) is 9.94. The van der Waals surface area contributed by atoms with Crippen LogP contribution >= 0.6 is 0 Å². The minimum Gasteiger partial charge on any atom is -0.497 e. The molecule has 3 rings (SSSR count). The van der Waals surface area contributed by atoms with Crippen LogP contribution in [-0.4, -0.2) is 57.4 Å². The summed E-state index contributed by atoms with van der Waals surface area (Å²) in [6, 6.07) is 17.4. The van der Waals surface area contributed by atoms with Crippen LogP contribution in [0.3, 0.4) is 0 Å². The molecule has 2 aromatic carbocycles. The first kappa shape index (κ1) is 19.2. The van der Waals surface area contributed by atoms with Crippen LogP contribution in [0.5, 0.6) is 11.5 Å². The molecule has 0 bridgehead atoms. The van der Waals surface area contributed by atoms with E-state index < -0.39 is 0 Å². The number of carbonyl (C=O) groups is 1. The van der Waals surface area contributed by atoms with Gasteiger partial charge in [-0.05, 0) is 29.8 Å². The normalized spacial score (nSPS) is 15.7. The number of hydrogen-bond acceptors (Lipinski definition) is 5. The molecule has 1 aliphatic heterocycles. The summed E-state index contributed by atoms with van der Waals surface area (Å²) in [5, 5.41) is 3.00. The lowest BCUT2D eigenvalue weighted by atomic mass is 10.0. The van der Waals surface area contributed by atoms with Gasteiger partial charge >= 0.3 is 0 Å². The lowest BCUT2D eigenvalue weighted by Gasteiger charge is -2.35. The molecule has 6 heteroatoms. The van der Waals surface area contributed by atoms with E-state index in [0.29, 0.717) is 25.5 Å². The van der Waals surface area contributed by atoms with Crippen LogP contribution in [0.15, 0.2) is 54.6 Å². The van der Waals surface area contributed by atoms with E-state index in [2.05, 4.69) is 16.3 Å². The predicted molar refractivity (Wildman–Crippen MR) is 103 cm³/mol. The first-order valence-corrected chi connectivity index (χ1v) is 9.16. The fourth-order valence-electron chi connectivity index (χ4n) is 3.12. The maximum absolute atomic E-state index is 12.3. The Morgan fingerprint density at radius 1 is 1.11 bits per heavy atom. The topological polar surface area (TPSA) is 60.0 Å². The number of ether oxygens (including phenoxy) is 3. The van der Waals surface area contributed by atoms with Crippen molar-refractivity contribution in [1.82, 2.24) is 10.2 Å². The van der Waals surface area contributed by atoms with Crippen LogP contribution in [0.2, 0.25) is 0 Å². The van der Waals surface area contributed by atoms with E-state index in [1.165, 1.54) is 0 Å². The van der Waals surface area contributed by atoms with E-state index in [1.807, 2.05) is 48.5 Å². The van der Waals surface area contributed by atoms with Crippen molar-refractivity contribution in [2.45, 2.75) is 6.04 Å². The molecule has 0 saturated carbocycles. The third kappa shape index (κ3) is 5.70. The number of nitrogens with zero attached hydrogens (tertiary/aromatic N) is 1. The van der Waals surface area contributed by atoms with Crippen molar-refractivity contribution in [3.8, 4) is 11.5 Å². The highest BCUT2D eigenvalue weighted by atomic mass is 16.5. The number of carbonyl (C=O) groups excluding carboxylic acids is 1. The molecule has 0 spiro atoms. The highest BCUT2D eigenvalue weighted by Crippen LogP contribution is 2.24. The molecule has 1 saturated heterocycles. The summed E-state index contributed by atoms with van der Waals surface area (Å²) in [6.45, 7) is 3.57. The molecule has 1 amide bonds. The van der Waals surface area contributed by atoms with Crippen molar-refractivity contribution in [3.05, 3.63) is 60.2 Å². The lowest BCUT2D eigenvalue weighted by Crippen LogP contribution is -2.44. The van der Waals surface area contributed by atoms with Crippen molar-refractivity contribution in [2.75, 3.05) is 46.6 Å². The zero-order chi connectivity index (χ0) is 18.9. The van der Waals surface area contributed by atoms with Gasteiger partial charge in [-0.1, -0.05) is 30.3 Å². The quantitative estimate of drug-likeness (QED) is 0.772. The molecule has 0 aromatic heterocycles. The molecule has 27 heavy (non-hydrogen) atoms. The van der Waals surface area contributed by atoms with Crippen LogP contribution in [0.25, 0.3) is 0 Å². The van der Waals surface area contributed by atoms with Crippen LogP contribution in [-0.2, 0) is 9.53 Å². The van der Waals surface area contributed by atoms with Crippen molar-refractivity contribution in [2.24, 2.45) is 0 Å². The molecular formula is C21H26N2O4. The van der Waals surface area contributed by atoms with E-state index in [4.69, 9.17) is 14.2 Å². The maximum Gasteiger partial charge on any atom is 0.258 e. The Labute approximate surface area is 160 Å². The van der Waals surface area contributed by atoms with Gasteiger partial charge in [-0.15, -0.1) is 0 Å². The number of hydrogen-bond donors (Lipinski definition) is 1. The number of morpholine rings is 1. The van der Waals surface area contributed by atoms with Gasteiger partial charge < -0.3 is 19.5 Å². The molecule has 1 atom stereocenters. The highest BCUT2D eigenvalue weighted by Gasteiger charge is 2.23. The van der Waals surface area contributed by atoms with Gasteiger partial charge in [0.05, 0.1) is 26.4 Å². The number of rotatable bonds is 8. The van der Waals surface area contributed by atoms with Crippen LogP contribution in [0.1, 0.15) is 11.6 Å². The second-order valence-electron chi connectivity index (χ2n) is 6.35. The fraction of sp³-hybridized carbons (Fsp3) is 0.381. The monoisotopic (exact) mass is 370 g/mol. The molecule has 2 aromatic rings. The Hall–Kier alpha value is -2.57. The van der Waals surface area contributed by atoms with Crippen molar-refractivity contribution < 1.29 is 19.0 Å². The zero-order valence-corrected chi connectivity index (χ0v) is 15.6. The maximum atomic E-state index is 12.3. The first-order valence-electron chi connectivity index (χ1n) is 9.16. The van der Waals surface area contributed by atoms with Gasteiger partial charge in [-0.25, -0.2) is 0 Å². The third-order valence-corrected chi connectivity index (χ3v) is 4.57. The Morgan fingerprint density at radius 2 is 1.85 bits per heavy atom. The molecule has 1 unspecified atom stereocenters. The van der Waals surface area contributed by atoms with Crippen molar-refractivity contribution in [3.63, 3.8) is 0 Å². The lowest BCUT2D eigenvalue weighted by molar-refractivity contribution is -0.123. The summed E-state index contributed by atoms with van der Waals surface area (Å²) in [4.78, 5) is 14.6. The SMILES string of the molecule is COc1cccc(C(CNC(=O)COc2ccccc2)N2CCOCC2)c1. The average molecular weight is 370 g/mol. The average Bonchev–Trinajstić information content (AvgIpc) is 2.74. The number of para-hydroxylation sites is 1. The predicted octanol–water partition coefficient (Wildman–Crippen LogP) is 2.26. The largest absolute Gasteiger partial charge is 0.497 e. The van der Waals surface area contributed by atoms with Gasteiger partial charge in [0.1, 0.15) is 11.5 Å². The number of amides is 1. The Bertz CT molecular complexity index is 717. The van der Waals surface area contributed by atoms with E-state index in [0.717, 1.165) is 24.4 Å². The Balaban J connectivity index is 1.61. The molecule has 0 aliphatic carbocycles. The first-order chi connectivity index (χ1) is 13.3. The van der Waals surface area contributed by atoms with Crippen LogP contribution in [0, 0.1) is 0 Å². The van der Waals surface area contributed by atoms with Gasteiger partial charge in [-0.2, -0.15) is 0 Å². The Morgan fingerprint density at radius 3 is 2.59 bits per heavy atom. The summed E-state index contributed by atoms with van der Waals surface area (Å²) < 4.78 is 16.3. The van der Waals surface area contributed by atoms with Gasteiger partial charge in [0.15, 0.2) is 6.61 Å². The van der Waals surface area contributed by atoms with Crippen molar-refractivity contribution in [1.29, 1.82) is 0 Å². The van der Waals surface area contributed by atoms with E-state index >= 15 is 0 Å². The minimum absolute atomic E-state index is 0.00203. The van der Waals surface area contributed by atoms with E-state index in [1.54, 1.807) is 7.11 Å². The molecule has 144 valence electrons. The summed E-state index contributed by atoms with van der Waals surface area (Å²) in [6.07, 6.45) is 0. The van der Waals surface area contributed by atoms with Crippen molar-refractivity contribution >= 4 is 5.91 Å². The van der Waals surface area contributed by atoms with Gasteiger partial charge in [-0.3, -0.25) is 9.69 Å². The molecule has 6 nitrogen and oxygen atoms in total. The fourth-order valence-corrected chi connectivity index (χ4v) is 3.12. The minimum atomic E-state index is -0.139. The zero-order valence-electron chi connectivity index (χ0n) is 15.6. The molecule has 1 N–H and O–H groups in total. The summed E-state index contributed by atoms with van der Waals surface area (Å²) in [7, 11) is 1.66.